The summed E-state index contributed by atoms with van der Waals surface area (Å²) >= 11 is 1.70. The molecule has 1 aromatic carbocycles. The fourth-order valence-corrected chi connectivity index (χ4v) is 2.30. The number of hydrogen-bond acceptors (Lipinski definition) is 3. The topological polar surface area (TPSA) is 35.2 Å². The van der Waals surface area contributed by atoms with Crippen LogP contribution in [0.5, 0.6) is 5.75 Å². The molecular formula is C14H17NOS. The SMILES string of the molecule is Cc1ccc([C@H](C)N)c(OCc2cccs2)c1. The minimum Gasteiger partial charge on any atom is -0.488 e. The van der Waals surface area contributed by atoms with Crippen molar-refractivity contribution in [2.75, 3.05) is 0 Å². The summed E-state index contributed by atoms with van der Waals surface area (Å²) in [6.07, 6.45) is 0. The lowest BCUT2D eigenvalue weighted by molar-refractivity contribution is 0.305. The maximum atomic E-state index is 5.94. The summed E-state index contributed by atoms with van der Waals surface area (Å²) in [5.41, 5.74) is 8.19. The Kier molecular flexibility index (Phi) is 3.82. The molecule has 1 heterocycles. The summed E-state index contributed by atoms with van der Waals surface area (Å²) in [7, 11) is 0. The fraction of sp³-hybridized carbons (Fsp3) is 0.286. The van der Waals surface area contributed by atoms with Gasteiger partial charge in [0.2, 0.25) is 0 Å². The predicted molar refractivity (Wildman–Crippen MR) is 72.4 cm³/mol. The molecule has 1 aromatic heterocycles. The molecule has 0 aliphatic carbocycles. The second-order valence-corrected chi connectivity index (χ2v) is 5.23. The van der Waals surface area contributed by atoms with Crippen molar-refractivity contribution in [2.24, 2.45) is 5.73 Å². The van der Waals surface area contributed by atoms with Gasteiger partial charge in [0.05, 0.1) is 0 Å². The zero-order valence-electron chi connectivity index (χ0n) is 10.1. The summed E-state index contributed by atoms with van der Waals surface area (Å²) in [6.45, 7) is 4.65. The van der Waals surface area contributed by atoms with Gasteiger partial charge in [-0.1, -0.05) is 18.2 Å². The second-order valence-electron chi connectivity index (χ2n) is 4.20. The average Bonchev–Trinajstić information content (AvgIpc) is 2.78. The van der Waals surface area contributed by atoms with Crippen molar-refractivity contribution < 1.29 is 4.74 Å². The Morgan fingerprint density at radius 3 is 2.82 bits per heavy atom. The molecule has 1 atom stereocenters. The molecule has 2 aromatic rings. The van der Waals surface area contributed by atoms with Crippen LogP contribution in [0.25, 0.3) is 0 Å². The maximum absolute atomic E-state index is 5.94. The normalized spacial score (nSPS) is 12.4. The van der Waals surface area contributed by atoms with Crippen LogP contribution in [0.1, 0.15) is 29.0 Å². The van der Waals surface area contributed by atoms with Crippen LogP contribution in [0.15, 0.2) is 35.7 Å². The summed E-state index contributed by atoms with van der Waals surface area (Å²) in [5.74, 6) is 0.897. The second kappa shape index (κ2) is 5.34. The lowest BCUT2D eigenvalue weighted by Crippen LogP contribution is -2.08. The van der Waals surface area contributed by atoms with Crippen molar-refractivity contribution in [1.82, 2.24) is 0 Å². The molecule has 0 aliphatic rings. The molecule has 0 unspecified atom stereocenters. The van der Waals surface area contributed by atoms with Gasteiger partial charge in [0.25, 0.3) is 0 Å². The van der Waals surface area contributed by atoms with E-state index in [0.29, 0.717) is 6.61 Å². The Labute approximate surface area is 106 Å². The number of nitrogens with two attached hydrogens (primary N) is 1. The standard InChI is InChI=1S/C14H17NOS/c1-10-5-6-13(11(2)15)14(8-10)16-9-12-4-3-7-17-12/h3-8,11H,9,15H2,1-2H3/t11-/m0/s1. The van der Waals surface area contributed by atoms with Crippen LogP contribution >= 0.6 is 11.3 Å². The van der Waals surface area contributed by atoms with E-state index in [1.807, 2.05) is 25.1 Å². The van der Waals surface area contributed by atoms with E-state index in [9.17, 15) is 0 Å². The number of rotatable bonds is 4. The van der Waals surface area contributed by atoms with Gasteiger partial charge in [-0.2, -0.15) is 0 Å². The molecule has 17 heavy (non-hydrogen) atoms. The molecule has 0 radical (unpaired) electrons. The van der Waals surface area contributed by atoms with Gasteiger partial charge < -0.3 is 10.5 Å². The van der Waals surface area contributed by atoms with E-state index in [1.165, 1.54) is 10.4 Å². The van der Waals surface area contributed by atoms with Gasteiger partial charge in [0, 0.05) is 16.5 Å². The van der Waals surface area contributed by atoms with E-state index in [-0.39, 0.29) is 6.04 Å². The Bertz CT molecular complexity index is 477. The van der Waals surface area contributed by atoms with Crippen molar-refractivity contribution in [3.63, 3.8) is 0 Å². The third kappa shape index (κ3) is 3.08. The van der Waals surface area contributed by atoms with Gasteiger partial charge in [0.1, 0.15) is 12.4 Å². The Balaban J connectivity index is 2.16. The number of ether oxygens (including phenoxy) is 1. The molecule has 90 valence electrons. The van der Waals surface area contributed by atoms with E-state index in [4.69, 9.17) is 10.5 Å². The number of thiophene rings is 1. The highest BCUT2D eigenvalue weighted by Gasteiger charge is 2.08. The van der Waals surface area contributed by atoms with Crippen LogP contribution in [-0.4, -0.2) is 0 Å². The van der Waals surface area contributed by atoms with Crippen molar-refractivity contribution in [3.05, 3.63) is 51.7 Å². The highest BCUT2D eigenvalue weighted by Crippen LogP contribution is 2.26. The lowest BCUT2D eigenvalue weighted by atomic mass is 10.1. The summed E-state index contributed by atoms with van der Waals surface area (Å²) in [4.78, 5) is 1.22. The Morgan fingerprint density at radius 2 is 2.18 bits per heavy atom. The number of hydrogen-bond donors (Lipinski definition) is 1. The molecule has 0 saturated carbocycles. The van der Waals surface area contributed by atoms with Crippen LogP contribution < -0.4 is 10.5 Å². The molecule has 2 rings (SSSR count). The molecule has 0 saturated heterocycles. The third-order valence-electron chi connectivity index (χ3n) is 2.61. The molecule has 3 heteroatoms. The molecule has 0 fully saturated rings. The van der Waals surface area contributed by atoms with Gasteiger partial charge >= 0.3 is 0 Å². The smallest absolute Gasteiger partial charge is 0.124 e. The van der Waals surface area contributed by atoms with Crippen LogP contribution in [0, 0.1) is 6.92 Å². The van der Waals surface area contributed by atoms with Gasteiger partial charge in [-0.15, -0.1) is 11.3 Å². The highest BCUT2D eigenvalue weighted by molar-refractivity contribution is 7.09. The van der Waals surface area contributed by atoms with Crippen molar-refractivity contribution in [2.45, 2.75) is 26.5 Å². The molecule has 0 bridgehead atoms. The van der Waals surface area contributed by atoms with Gasteiger partial charge in [-0.05, 0) is 36.9 Å². The Hall–Kier alpha value is -1.32. The van der Waals surface area contributed by atoms with Crippen LogP contribution in [0.3, 0.4) is 0 Å². The number of aryl methyl sites for hydroxylation is 1. The molecule has 0 spiro atoms. The first-order chi connectivity index (χ1) is 8.16. The van der Waals surface area contributed by atoms with Crippen molar-refractivity contribution in [3.8, 4) is 5.75 Å². The van der Waals surface area contributed by atoms with Crippen LogP contribution in [0.2, 0.25) is 0 Å². The first-order valence-corrected chi connectivity index (χ1v) is 6.56. The minimum absolute atomic E-state index is 0.00562. The van der Waals surface area contributed by atoms with Gasteiger partial charge in [-0.3, -0.25) is 0 Å². The molecule has 2 N–H and O–H groups in total. The van der Waals surface area contributed by atoms with E-state index in [1.54, 1.807) is 11.3 Å². The molecule has 0 aliphatic heterocycles. The summed E-state index contributed by atoms with van der Waals surface area (Å²) < 4.78 is 5.85. The monoisotopic (exact) mass is 247 g/mol. The average molecular weight is 247 g/mol. The Morgan fingerprint density at radius 1 is 1.35 bits per heavy atom. The predicted octanol–water partition coefficient (Wildman–Crippen LogP) is 3.66. The lowest BCUT2D eigenvalue weighted by Gasteiger charge is -2.14. The quantitative estimate of drug-likeness (QED) is 0.895. The van der Waals surface area contributed by atoms with E-state index in [2.05, 4.69) is 24.4 Å². The van der Waals surface area contributed by atoms with Crippen molar-refractivity contribution >= 4 is 11.3 Å². The maximum Gasteiger partial charge on any atom is 0.124 e. The number of benzene rings is 1. The van der Waals surface area contributed by atoms with E-state index < -0.39 is 0 Å². The summed E-state index contributed by atoms with van der Waals surface area (Å²) in [5, 5.41) is 2.06. The van der Waals surface area contributed by atoms with E-state index in [0.717, 1.165) is 11.3 Å². The minimum atomic E-state index is -0.00562. The zero-order chi connectivity index (χ0) is 12.3. The van der Waals surface area contributed by atoms with Gasteiger partial charge in [-0.25, -0.2) is 0 Å². The fourth-order valence-electron chi connectivity index (χ4n) is 1.69. The molecule has 0 amide bonds. The molecular weight excluding hydrogens is 230 g/mol. The largest absolute Gasteiger partial charge is 0.488 e. The third-order valence-corrected chi connectivity index (χ3v) is 3.46. The van der Waals surface area contributed by atoms with Gasteiger partial charge in [0.15, 0.2) is 0 Å². The first kappa shape index (κ1) is 12.1. The molecule has 2 nitrogen and oxygen atoms in total. The van der Waals surface area contributed by atoms with Crippen LogP contribution in [-0.2, 0) is 6.61 Å². The van der Waals surface area contributed by atoms with Crippen LogP contribution in [0.4, 0.5) is 0 Å². The zero-order valence-corrected chi connectivity index (χ0v) is 11.0. The van der Waals surface area contributed by atoms with E-state index >= 15 is 0 Å². The highest BCUT2D eigenvalue weighted by atomic mass is 32.1. The summed E-state index contributed by atoms with van der Waals surface area (Å²) in [6, 6.07) is 10.3. The van der Waals surface area contributed by atoms with Crippen molar-refractivity contribution in [1.29, 1.82) is 0 Å². The first-order valence-electron chi connectivity index (χ1n) is 5.68.